The van der Waals surface area contributed by atoms with Crippen LogP contribution in [-0.2, 0) is 7.05 Å². The third kappa shape index (κ3) is 3.34. The lowest BCUT2D eigenvalue weighted by molar-refractivity contribution is 0.571. The van der Waals surface area contributed by atoms with Crippen molar-refractivity contribution >= 4 is 27.7 Å². The van der Waals surface area contributed by atoms with Gasteiger partial charge in [-0.25, -0.2) is 4.98 Å². The summed E-state index contributed by atoms with van der Waals surface area (Å²) in [6, 6.07) is 8.53. The fraction of sp³-hybridized carbons (Fsp3) is 0.333. The molecule has 0 saturated carbocycles. The molecule has 0 amide bonds. The van der Waals surface area contributed by atoms with Crippen LogP contribution < -0.4 is 5.32 Å². The maximum absolute atomic E-state index is 4.28. The lowest BCUT2D eigenvalue weighted by atomic mass is 10.3. The van der Waals surface area contributed by atoms with Crippen LogP contribution in [0, 0.1) is 0 Å². The summed E-state index contributed by atoms with van der Waals surface area (Å²) in [6.07, 6.45) is 1.59. The summed E-state index contributed by atoms with van der Waals surface area (Å²) in [5.74, 6) is 1.88. The molecule has 0 radical (unpaired) electrons. The van der Waals surface area contributed by atoms with E-state index in [0.29, 0.717) is 0 Å². The van der Waals surface area contributed by atoms with Gasteiger partial charge in [0.15, 0.2) is 0 Å². The maximum Gasteiger partial charge on any atom is 0.144 e. The van der Waals surface area contributed by atoms with Crippen LogP contribution in [-0.4, -0.2) is 27.6 Å². The second kappa shape index (κ2) is 6.36. The molecule has 0 aliphatic carbocycles. The second-order valence-corrected chi connectivity index (χ2v) is 5.86. The number of hydrogen-bond acceptors (Lipinski definition) is 4. The Balaban J connectivity index is 2.00. The maximum atomic E-state index is 4.28. The first-order chi connectivity index (χ1) is 8.70. The van der Waals surface area contributed by atoms with Gasteiger partial charge in [-0.1, -0.05) is 15.9 Å². The van der Waals surface area contributed by atoms with Gasteiger partial charge in [-0.05, 0) is 31.3 Å². The first-order valence-corrected chi connectivity index (χ1v) is 7.38. The summed E-state index contributed by atoms with van der Waals surface area (Å²) in [5.41, 5.74) is 0. The van der Waals surface area contributed by atoms with Crippen LogP contribution in [0.1, 0.15) is 11.9 Å². The molecule has 4 nitrogen and oxygen atoms in total. The highest BCUT2D eigenvalue weighted by Crippen LogP contribution is 2.24. The van der Waals surface area contributed by atoms with Gasteiger partial charge in [-0.2, -0.15) is 5.10 Å². The summed E-state index contributed by atoms with van der Waals surface area (Å²) in [6.45, 7) is 0. The van der Waals surface area contributed by atoms with Crippen LogP contribution in [0.25, 0.3) is 0 Å². The SMILES string of the molecule is CNC(CSc1ccc(Br)cc1)c1ncnn1C. The largest absolute Gasteiger partial charge is 0.310 e. The molecule has 0 spiro atoms. The Bertz CT molecular complexity index is 497. The number of benzene rings is 1. The molecule has 0 bridgehead atoms. The van der Waals surface area contributed by atoms with Crippen molar-refractivity contribution in [3.63, 3.8) is 0 Å². The molecule has 2 aromatic rings. The van der Waals surface area contributed by atoms with Crippen LogP contribution >= 0.6 is 27.7 Å². The average Bonchev–Trinajstić information content (AvgIpc) is 2.79. The molecular formula is C12H15BrN4S. The molecule has 0 fully saturated rings. The van der Waals surface area contributed by atoms with E-state index < -0.39 is 0 Å². The molecule has 0 aliphatic rings. The van der Waals surface area contributed by atoms with Gasteiger partial charge < -0.3 is 5.32 Å². The zero-order valence-electron chi connectivity index (χ0n) is 10.3. The van der Waals surface area contributed by atoms with Crippen molar-refractivity contribution in [1.82, 2.24) is 20.1 Å². The number of halogens is 1. The summed E-state index contributed by atoms with van der Waals surface area (Å²) in [4.78, 5) is 5.53. The number of hydrogen-bond donors (Lipinski definition) is 1. The van der Waals surface area contributed by atoms with E-state index in [1.54, 1.807) is 18.1 Å². The van der Waals surface area contributed by atoms with Gasteiger partial charge in [-0.3, -0.25) is 4.68 Å². The van der Waals surface area contributed by atoms with Crippen LogP contribution in [0.5, 0.6) is 0 Å². The Morgan fingerprint density at radius 1 is 1.39 bits per heavy atom. The molecule has 1 aromatic heterocycles. The Morgan fingerprint density at radius 2 is 2.11 bits per heavy atom. The standard InChI is InChI=1S/C12H15BrN4S/c1-14-11(12-15-8-16-17(12)2)7-18-10-5-3-9(13)4-6-10/h3-6,8,11,14H,7H2,1-2H3. The van der Waals surface area contributed by atoms with Crippen molar-refractivity contribution in [2.75, 3.05) is 12.8 Å². The van der Waals surface area contributed by atoms with Gasteiger partial charge >= 0.3 is 0 Å². The van der Waals surface area contributed by atoms with E-state index in [0.717, 1.165) is 16.0 Å². The minimum Gasteiger partial charge on any atom is -0.310 e. The highest BCUT2D eigenvalue weighted by atomic mass is 79.9. The summed E-state index contributed by atoms with van der Waals surface area (Å²) in [5, 5.41) is 7.38. The smallest absolute Gasteiger partial charge is 0.144 e. The van der Waals surface area contributed by atoms with Gasteiger partial charge in [0.25, 0.3) is 0 Å². The molecule has 1 aromatic carbocycles. The number of aryl methyl sites for hydroxylation is 1. The number of aromatic nitrogens is 3. The molecule has 6 heteroatoms. The molecule has 2 rings (SSSR count). The minimum absolute atomic E-state index is 0.200. The van der Waals surface area contributed by atoms with Gasteiger partial charge in [0.1, 0.15) is 12.2 Å². The normalized spacial score (nSPS) is 12.6. The molecule has 18 heavy (non-hydrogen) atoms. The Labute approximate surface area is 119 Å². The van der Waals surface area contributed by atoms with Gasteiger partial charge in [0, 0.05) is 22.2 Å². The molecule has 0 aliphatic heterocycles. The van der Waals surface area contributed by atoms with E-state index in [-0.39, 0.29) is 6.04 Å². The van der Waals surface area contributed by atoms with Crippen molar-refractivity contribution in [3.8, 4) is 0 Å². The van der Waals surface area contributed by atoms with Crippen LogP contribution in [0.15, 0.2) is 40.0 Å². The first kappa shape index (κ1) is 13.6. The van der Waals surface area contributed by atoms with Gasteiger partial charge in [0.2, 0.25) is 0 Å². The molecule has 96 valence electrons. The second-order valence-electron chi connectivity index (χ2n) is 3.85. The number of thioether (sulfide) groups is 1. The topological polar surface area (TPSA) is 42.7 Å². The van der Waals surface area contributed by atoms with Crippen molar-refractivity contribution in [1.29, 1.82) is 0 Å². The fourth-order valence-corrected chi connectivity index (χ4v) is 2.89. The molecule has 1 N–H and O–H groups in total. The number of rotatable bonds is 5. The number of nitrogens with zero attached hydrogens (tertiary/aromatic N) is 3. The zero-order valence-corrected chi connectivity index (χ0v) is 12.7. The van der Waals surface area contributed by atoms with Crippen LogP contribution in [0.3, 0.4) is 0 Å². The van der Waals surface area contributed by atoms with Crippen molar-refractivity contribution in [2.24, 2.45) is 7.05 Å². The lowest BCUT2D eigenvalue weighted by Crippen LogP contribution is -2.22. The summed E-state index contributed by atoms with van der Waals surface area (Å²) >= 11 is 5.24. The van der Waals surface area contributed by atoms with Gasteiger partial charge in [0.05, 0.1) is 6.04 Å². The van der Waals surface area contributed by atoms with Gasteiger partial charge in [-0.15, -0.1) is 11.8 Å². The molecule has 0 saturated heterocycles. The molecule has 1 unspecified atom stereocenters. The third-order valence-corrected chi connectivity index (χ3v) is 4.27. The van der Waals surface area contributed by atoms with E-state index in [1.165, 1.54) is 4.90 Å². The zero-order chi connectivity index (χ0) is 13.0. The Kier molecular flexibility index (Phi) is 4.79. The molecular weight excluding hydrogens is 312 g/mol. The summed E-state index contributed by atoms with van der Waals surface area (Å²) < 4.78 is 2.91. The van der Waals surface area contributed by atoms with E-state index in [4.69, 9.17) is 0 Å². The Hall–Kier alpha value is -0.850. The van der Waals surface area contributed by atoms with E-state index in [9.17, 15) is 0 Å². The predicted octanol–water partition coefficient (Wildman–Crippen LogP) is 2.63. The fourth-order valence-electron chi connectivity index (χ4n) is 1.62. The molecule has 1 heterocycles. The minimum atomic E-state index is 0.200. The van der Waals surface area contributed by atoms with E-state index >= 15 is 0 Å². The highest BCUT2D eigenvalue weighted by Gasteiger charge is 2.14. The van der Waals surface area contributed by atoms with E-state index in [2.05, 4.69) is 55.6 Å². The highest BCUT2D eigenvalue weighted by molar-refractivity contribution is 9.10. The first-order valence-electron chi connectivity index (χ1n) is 5.60. The molecule has 1 atom stereocenters. The summed E-state index contributed by atoms with van der Waals surface area (Å²) in [7, 11) is 3.86. The quantitative estimate of drug-likeness (QED) is 0.858. The Morgan fingerprint density at radius 3 is 2.67 bits per heavy atom. The van der Waals surface area contributed by atoms with Crippen molar-refractivity contribution in [2.45, 2.75) is 10.9 Å². The third-order valence-electron chi connectivity index (χ3n) is 2.64. The van der Waals surface area contributed by atoms with E-state index in [1.807, 2.05) is 18.8 Å². The van der Waals surface area contributed by atoms with Crippen LogP contribution in [0.4, 0.5) is 0 Å². The van der Waals surface area contributed by atoms with Crippen LogP contribution in [0.2, 0.25) is 0 Å². The lowest BCUT2D eigenvalue weighted by Gasteiger charge is -2.14. The monoisotopic (exact) mass is 326 g/mol. The number of nitrogens with one attached hydrogen (secondary N) is 1. The van der Waals surface area contributed by atoms with Crippen molar-refractivity contribution in [3.05, 3.63) is 40.9 Å². The van der Waals surface area contributed by atoms with Crippen molar-refractivity contribution < 1.29 is 0 Å². The average molecular weight is 327 g/mol. The predicted molar refractivity (Wildman–Crippen MR) is 77.7 cm³/mol.